The fourth-order valence-electron chi connectivity index (χ4n) is 1.62. The van der Waals surface area contributed by atoms with E-state index in [0.29, 0.717) is 0 Å². The summed E-state index contributed by atoms with van der Waals surface area (Å²) in [6, 6.07) is 0. The van der Waals surface area contributed by atoms with Gasteiger partial charge in [0, 0.05) is 31.2 Å². The standard InChI is InChI=1S/C10H13F2NO3/c11-10(12)7-3-5-13(6-4-7)8(14)1-2-9(15)16/h1-2,7,10H,3-6H2,(H,15,16). The SMILES string of the molecule is O=C(O)C=CC(=O)N1CCC(C(F)F)CC1. The highest BCUT2D eigenvalue weighted by Crippen LogP contribution is 2.23. The van der Waals surface area contributed by atoms with E-state index in [2.05, 4.69) is 0 Å². The maximum Gasteiger partial charge on any atom is 0.328 e. The molecule has 1 N–H and O–H groups in total. The monoisotopic (exact) mass is 233 g/mol. The Kier molecular flexibility index (Phi) is 4.39. The first-order valence-electron chi connectivity index (χ1n) is 4.98. The van der Waals surface area contributed by atoms with Crippen LogP contribution in [0.5, 0.6) is 0 Å². The van der Waals surface area contributed by atoms with Gasteiger partial charge in [0.15, 0.2) is 0 Å². The zero-order valence-corrected chi connectivity index (χ0v) is 8.60. The highest BCUT2D eigenvalue weighted by atomic mass is 19.3. The number of carboxylic acid groups (broad SMARTS) is 1. The van der Waals surface area contributed by atoms with Crippen molar-refractivity contribution in [1.82, 2.24) is 4.90 Å². The van der Waals surface area contributed by atoms with E-state index in [1.807, 2.05) is 0 Å². The molecule has 0 atom stereocenters. The summed E-state index contributed by atoms with van der Waals surface area (Å²) in [4.78, 5) is 22.9. The largest absolute Gasteiger partial charge is 0.478 e. The van der Waals surface area contributed by atoms with Crippen LogP contribution < -0.4 is 0 Å². The molecule has 1 heterocycles. The van der Waals surface area contributed by atoms with Crippen molar-refractivity contribution in [2.45, 2.75) is 19.3 Å². The van der Waals surface area contributed by atoms with Crippen molar-refractivity contribution in [3.05, 3.63) is 12.2 Å². The minimum absolute atomic E-state index is 0.262. The predicted molar refractivity (Wildman–Crippen MR) is 52.1 cm³/mol. The van der Waals surface area contributed by atoms with Crippen molar-refractivity contribution in [2.24, 2.45) is 5.92 Å². The molecule has 0 aromatic heterocycles. The molecule has 4 nitrogen and oxygen atoms in total. The van der Waals surface area contributed by atoms with Crippen molar-refractivity contribution < 1.29 is 23.5 Å². The molecule has 0 aromatic carbocycles. The Bertz CT molecular complexity index is 296. The number of carboxylic acids is 1. The Morgan fingerprint density at radius 2 is 1.81 bits per heavy atom. The number of rotatable bonds is 3. The Balaban J connectivity index is 2.42. The van der Waals surface area contributed by atoms with Crippen LogP contribution in [0.15, 0.2) is 12.2 Å². The zero-order valence-electron chi connectivity index (χ0n) is 8.60. The van der Waals surface area contributed by atoms with E-state index >= 15 is 0 Å². The molecule has 16 heavy (non-hydrogen) atoms. The number of carbonyl (C=O) groups excluding carboxylic acids is 1. The normalized spacial score (nSPS) is 18.3. The number of hydrogen-bond acceptors (Lipinski definition) is 2. The van der Waals surface area contributed by atoms with Crippen LogP contribution in [-0.4, -0.2) is 41.4 Å². The van der Waals surface area contributed by atoms with Crippen LogP contribution in [0.4, 0.5) is 8.78 Å². The van der Waals surface area contributed by atoms with Gasteiger partial charge in [-0.2, -0.15) is 0 Å². The molecule has 1 amide bonds. The molecule has 0 spiro atoms. The molecule has 90 valence electrons. The van der Waals surface area contributed by atoms with E-state index in [-0.39, 0.29) is 25.9 Å². The summed E-state index contributed by atoms with van der Waals surface area (Å²) < 4.78 is 24.6. The molecule has 0 saturated carbocycles. The third-order valence-corrected chi connectivity index (χ3v) is 2.58. The van der Waals surface area contributed by atoms with Crippen LogP contribution in [0, 0.1) is 5.92 Å². The van der Waals surface area contributed by atoms with E-state index in [1.165, 1.54) is 4.90 Å². The van der Waals surface area contributed by atoms with Gasteiger partial charge in [-0.3, -0.25) is 4.79 Å². The second-order valence-electron chi connectivity index (χ2n) is 3.67. The van der Waals surface area contributed by atoms with E-state index < -0.39 is 24.2 Å². The van der Waals surface area contributed by atoms with Gasteiger partial charge in [0.2, 0.25) is 12.3 Å². The summed E-state index contributed by atoms with van der Waals surface area (Å²) in [6.45, 7) is 0.523. The molecule has 1 fully saturated rings. The van der Waals surface area contributed by atoms with Gasteiger partial charge in [-0.25, -0.2) is 13.6 Å². The van der Waals surface area contributed by atoms with Gasteiger partial charge < -0.3 is 10.0 Å². The fraction of sp³-hybridized carbons (Fsp3) is 0.600. The lowest BCUT2D eigenvalue weighted by molar-refractivity contribution is -0.132. The first-order valence-corrected chi connectivity index (χ1v) is 4.98. The summed E-state index contributed by atoms with van der Waals surface area (Å²) in [5, 5.41) is 8.32. The number of nitrogens with zero attached hydrogens (tertiary/aromatic N) is 1. The molecule has 1 rings (SSSR count). The number of amides is 1. The summed E-state index contributed by atoms with van der Waals surface area (Å²) in [5.41, 5.74) is 0. The van der Waals surface area contributed by atoms with E-state index in [1.54, 1.807) is 0 Å². The number of hydrogen-bond donors (Lipinski definition) is 1. The topological polar surface area (TPSA) is 57.6 Å². The van der Waals surface area contributed by atoms with Crippen molar-refractivity contribution in [3.8, 4) is 0 Å². The van der Waals surface area contributed by atoms with Crippen LogP contribution in [0.3, 0.4) is 0 Å². The Morgan fingerprint density at radius 1 is 1.25 bits per heavy atom. The molecule has 0 aromatic rings. The van der Waals surface area contributed by atoms with E-state index in [4.69, 9.17) is 5.11 Å². The van der Waals surface area contributed by atoms with Gasteiger partial charge in [-0.05, 0) is 12.8 Å². The number of aliphatic carboxylic acids is 1. The highest BCUT2D eigenvalue weighted by Gasteiger charge is 2.27. The molecule has 0 radical (unpaired) electrons. The summed E-state index contributed by atoms with van der Waals surface area (Å²) in [6.07, 6.45) is -0.104. The average Bonchev–Trinajstić information content (AvgIpc) is 2.26. The second-order valence-corrected chi connectivity index (χ2v) is 3.67. The maximum atomic E-state index is 12.3. The second kappa shape index (κ2) is 5.58. The maximum absolute atomic E-state index is 12.3. The number of halogens is 2. The van der Waals surface area contributed by atoms with Gasteiger partial charge in [0.1, 0.15) is 0 Å². The Labute approximate surface area is 91.5 Å². The number of alkyl halides is 2. The minimum Gasteiger partial charge on any atom is -0.478 e. The lowest BCUT2D eigenvalue weighted by Crippen LogP contribution is -2.39. The number of carbonyl (C=O) groups is 2. The molecule has 0 aliphatic carbocycles. The van der Waals surface area contributed by atoms with Crippen molar-refractivity contribution in [1.29, 1.82) is 0 Å². The molecular weight excluding hydrogens is 220 g/mol. The smallest absolute Gasteiger partial charge is 0.328 e. The van der Waals surface area contributed by atoms with Gasteiger partial charge in [-0.15, -0.1) is 0 Å². The Hall–Kier alpha value is -1.46. The number of likely N-dealkylation sites (tertiary alicyclic amines) is 1. The van der Waals surface area contributed by atoms with Crippen LogP contribution in [-0.2, 0) is 9.59 Å². The zero-order chi connectivity index (χ0) is 12.1. The predicted octanol–water partition coefficient (Wildman–Crippen LogP) is 1.13. The van der Waals surface area contributed by atoms with Gasteiger partial charge in [0.05, 0.1) is 0 Å². The average molecular weight is 233 g/mol. The highest BCUT2D eigenvalue weighted by molar-refractivity contribution is 5.93. The van der Waals surface area contributed by atoms with Crippen molar-refractivity contribution in [2.75, 3.05) is 13.1 Å². The van der Waals surface area contributed by atoms with Crippen molar-refractivity contribution >= 4 is 11.9 Å². The molecule has 1 saturated heterocycles. The number of piperidine rings is 1. The van der Waals surface area contributed by atoms with Crippen LogP contribution in [0.1, 0.15) is 12.8 Å². The van der Waals surface area contributed by atoms with Crippen LogP contribution in [0.25, 0.3) is 0 Å². The van der Waals surface area contributed by atoms with Gasteiger partial charge in [-0.1, -0.05) is 0 Å². The third-order valence-electron chi connectivity index (χ3n) is 2.58. The third kappa shape index (κ3) is 3.60. The molecule has 1 aliphatic heterocycles. The van der Waals surface area contributed by atoms with Crippen molar-refractivity contribution in [3.63, 3.8) is 0 Å². The molecule has 1 aliphatic rings. The van der Waals surface area contributed by atoms with Gasteiger partial charge >= 0.3 is 5.97 Å². The first-order chi connectivity index (χ1) is 7.50. The summed E-state index contributed by atoms with van der Waals surface area (Å²) >= 11 is 0. The summed E-state index contributed by atoms with van der Waals surface area (Å²) in [5.74, 6) is -2.28. The van der Waals surface area contributed by atoms with E-state index in [9.17, 15) is 18.4 Å². The summed E-state index contributed by atoms with van der Waals surface area (Å²) in [7, 11) is 0. The fourth-order valence-corrected chi connectivity index (χ4v) is 1.62. The van der Waals surface area contributed by atoms with Crippen LogP contribution >= 0.6 is 0 Å². The van der Waals surface area contributed by atoms with E-state index in [0.717, 1.165) is 12.2 Å². The minimum atomic E-state index is -2.34. The Morgan fingerprint density at radius 3 is 2.25 bits per heavy atom. The lowest BCUT2D eigenvalue weighted by Gasteiger charge is -2.30. The molecule has 0 unspecified atom stereocenters. The molecule has 0 bridgehead atoms. The van der Waals surface area contributed by atoms with Crippen LogP contribution in [0.2, 0.25) is 0 Å². The van der Waals surface area contributed by atoms with Gasteiger partial charge in [0.25, 0.3) is 0 Å². The molecular formula is C10H13F2NO3. The quantitative estimate of drug-likeness (QED) is 0.743. The molecule has 6 heteroatoms. The lowest BCUT2D eigenvalue weighted by atomic mass is 9.97. The first kappa shape index (κ1) is 12.6.